The fraction of sp³-hybridized carbons (Fsp3) is 0.0769. The van der Waals surface area contributed by atoms with E-state index < -0.39 is 0 Å². The molecule has 0 aromatic heterocycles. The van der Waals surface area contributed by atoms with E-state index >= 15 is 0 Å². The van der Waals surface area contributed by atoms with E-state index in [1.165, 1.54) is 0 Å². The minimum atomic E-state index is 0.249. The third kappa shape index (κ3) is 5.29. The molecule has 0 saturated heterocycles. The van der Waals surface area contributed by atoms with Gasteiger partial charge in [0.05, 0.1) is 12.8 Å². The molecule has 0 aliphatic heterocycles. The molecule has 0 amide bonds. The standard InChI is InChI=1S/C26H25N3O2/c1-30-27-20-31-28-23-16-12-21(13-17-23)22-14-18-26(19-15-22)29(24-8-4-2-5-9-24)25-10-6-3-7-11-25/h2-19,27-28H,20H2,1H3. The van der Waals surface area contributed by atoms with E-state index in [-0.39, 0.29) is 6.73 Å². The first-order valence-corrected chi connectivity index (χ1v) is 10.1. The molecule has 31 heavy (non-hydrogen) atoms. The van der Waals surface area contributed by atoms with E-state index in [4.69, 9.17) is 9.68 Å². The van der Waals surface area contributed by atoms with Crippen molar-refractivity contribution in [3.63, 3.8) is 0 Å². The van der Waals surface area contributed by atoms with E-state index in [0.717, 1.165) is 33.9 Å². The number of anilines is 4. The molecule has 0 bridgehead atoms. The largest absolute Gasteiger partial charge is 0.311 e. The van der Waals surface area contributed by atoms with Gasteiger partial charge < -0.3 is 9.74 Å². The zero-order valence-electron chi connectivity index (χ0n) is 17.4. The predicted octanol–water partition coefficient (Wildman–Crippen LogP) is 6.28. The third-order valence-electron chi connectivity index (χ3n) is 4.84. The Labute approximate surface area is 182 Å². The molecule has 0 aliphatic carbocycles. The molecule has 0 saturated carbocycles. The molecule has 0 fully saturated rings. The van der Waals surface area contributed by atoms with E-state index in [0.29, 0.717) is 0 Å². The minimum absolute atomic E-state index is 0.249. The molecule has 5 nitrogen and oxygen atoms in total. The number of para-hydroxylation sites is 2. The summed E-state index contributed by atoms with van der Waals surface area (Å²) in [5.41, 5.74) is 12.0. The Morgan fingerprint density at radius 3 is 1.61 bits per heavy atom. The van der Waals surface area contributed by atoms with Crippen molar-refractivity contribution in [1.29, 1.82) is 0 Å². The first kappa shape index (κ1) is 20.6. The maximum atomic E-state index is 5.24. The molecule has 0 atom stereocenters. The van der Waals surface area contributed by atoms with Gasteiger partial charge in [-0.2, -0.15) is 5.48 Å². The van der Waals surface area contributed by atoms with Crippen LogP contribution in [0.4, 0.5) is 22.7 Å². The predicted molar refractivity (Wildman–Crippen MR) is 126 cm³/mol. The molecule has 4 aromatic carbocycles. The molecule has 0 spiro atoms. The van der Waals surface area contributed by atoms with E-state index in [1.807, 2.05) is 24.3 Å². The van der Waals surface area contributed by atoms with Crippen LogP contribution < -0.4 is 15.9 Å². The molecule has 4 rings (SSSR count). The second kappa shape index (κ2) is 10.4. The Morgan fingerprint density at radius 1 is 0.613 bits per heavy atom. The number of nitrogens with one attached hydrogen (secondary N) is 2. The highest BCUT2D eigenvalue weighted by atomic mass is 16.7. The number of hydrogen-bond donors (Lipinski definition) is 2. The van der Waals surface area contributed by atoms with Crippen molar-refractivity contribution in [1.82, 2.24) is 5.48 Å². The lowest BCUT2D eigenvalue weighted by Crippen LogP contribution is -2.18. The van der Waals surface area contributed by atoms with Crippen LogP contribution >= 0.6 is 0 Å². The molecule has 2 N–H and O–H groups in total. The Balaban J connectivity index is 1.54. The summed E-state index contributed by atoms with van der Waals surface area (Å²) >= 11 is 0. The average molecular weight is 412 g/mol. The topological polar surface area (TPSA) is 45.8 Å². The molecule has 156 valence electrons. The fourth-order valence-electron chi connectivity index (χ4n) is 3.34. The summed E-state index contributed by atoms with van der Waals surface area (Å²) in [6.45, 7) is 0.249. The molecular weight excluding hydrogens is 386 g/mol. The van der Waals surface area contributed by atoms with E-state index in [1.54, 1.807) is 7.11 Å². The first-order chi connectivity index (χ1) is 15.3. The zero-order valence-corrected chi connectivity index (χ0v) is 17.4. The van der Waals surface area contributed by atoms with Gasteiger partial charge in [-0.25, -0.2) is 0 Å². The second-order valence-corrected chi connectivity index (χ2v) is 6.87. The number of nitrogens with zero attached hydrogens (tertiary/aromatic N) is 1. The summed E-state index contributed by atoms with van der Waals surface area (Å²) in [6, 6.07) is 37.5. The van der Waals surface area contributed by atoms with Gasteiger partial charge in [-0.15, -0.1) is 0 Å². The Kier molecular flexibility index (Phi) is 6.92. The van der Waals surface area contributed by atoms with Crippen molar-refractivity contribution >= 4 is 22.7 Å². The second-order valence-electron chi connectivity index (χ2n) is 6.87. The highest BCUT2D eigenvalue weighted by Crippen LogP contribution is 2.35. The van der Waals surface area contributed by atoms with Gasteiger partial charge in [0, 0.05) is 17.1 Å². The van der Waals surface area contributed by atoms with Crippen LogP contribution in [0, 0.1) is 0 Å². The summed E-state index contributed by atoms with van der Waals surface area (Å²) < 4.78 is 0. The number of rotatable bonds is 9. The Bertz CT molecular complexity index is 1010. The SMILES string of the molecule is CONCONc1ccc(-c2ccc(N(c3ccccc3)c3ccccc3)cc2)cc1. The normalized spacial score (nSPS) is 10.6. The summed E-state index contributed by atoms with van der Waals surface area (Å²) in [7, 11) is 1.54. The van der Waals surface area contributed by atoms with Crippen molar-refractivity contribution in [2.75, 3.05) is 24.2 Å². The molecule has 0 unspecified atom stereocenters. The summed E-state index contributed by atoms with van der Waals surface area (Å²) in [6.07, 6.45) is 0. The van der Waals surface area contributed by atoms with E-state index in [2.05, 4.69) is 101 Å². The third-order valence-corrected chi connectivity index (χ3v) is 4.84. The van der Waals surface area contributed by atoms with Crippen molar-refractivity contribution in [2.24, 2.45) is 0 Å². The quantitative estimate of drug-likeness (QED) is 0.193. The first-order valence-electron chi connectivity index (χ1n) is 10.1. The highest BCUT2D eigenvalue weighted by Gasteiger charge is 2.11. The van der Waals surface area contributed by atoms with Crippen molar-refractivity contribution in [3.05, 3.63) is 109 Å². The summed E-state index contributed by atoms with van der Waals surface area (Å²) in [5, 5.41) is 0. The van der Waals surface area contributed by atoms with Crippen LogP contribution in [-0.4, -0.2) is 13.8 Å². The Morgan fingerprint density at radius 2 is 1.10 bits per heavy atom. The number of benzene rings is 4. The van der Waals surface area contributed by atoms with Crippen LogP contribution in [0.25, 0.3) is 11.1 Å². The van der Waals surface area contributed by atoms with Gasteiger partial charge in [0.1, 0.15) is 6.73 Å². The van der Waals surface area contributed by atoms with Gasteiger partial charge >= 0.3 is 0 Å². The molecule has 0 aliphatic rings. The van der Waals surface area contributed by atoms with Crippen LogP contribution in [-0.2, 0) is 9.68 Å². The highest BCUT2D eigenvalue weighted by molar-refractivity contribution is 5.78. The maximum absolute atomic E-state index is 5.24. The molecule has 0 radical (unpaired) electrons. The molecule has 4 aromatic rings. The molecular formula is C26H25N3O2. The van der Waals surface area contributed by atoms with E-state index in [9.17, 15) is 0 Å². The van der Waals surface area contributed by atoms with Crippen molar-refractivity contribution < 1.29 is 9.68 Å². The lowest BCUT2D eigenvalue weighted by Gasteiger charge is -2.25. The van der Waals surface area contributed by atoms with Crippen molar-refractivity contribution in [2.45, 2.75) is 0 Å². The number of hydrogen-bond acceptors (Lipinski definition) is 5. The lowest BCUT2D eigenvalue weighted by atomic mass is 10.0. The van der Waals surface area contributed by atoms with Gasteiger partial charge in [-0.3, -0.25) is 10.3 Å². The van der Waals surface area contributed by atoms with Crippen LogP contribution in [0.3, 0.4) is 0 Å². The minimum Gasteiger partial charge on any atom is -0.311 e. The monoisotopic (exact) mass is 411 g/mol. The average Bonchev–Trinajstić information content (AvgIpc) is 2.84. The van der Waals surface area contributed by atoms with Gasteiger partial charge in [-0.05, 0) is 59.7 Å². The smallest absolute Gasteiger partial charge is 0.147 e. The van der Waals surface area contributed by atoms with Gasteiger partial charge in [-0.1, -0.05) is 60.7 Å². The van der Waals surface area contributed by atoms with Crippen LogP contribution in [0.2, 0.25) is 0 Å². The Hall–Kier alpha value is -3.64. The summed E-state index contributed by atoms with van der Waals surface area (Å²) in [4.78, 5) is 12.2. The van der Waals surface area contributed by atoms with Crippen molar-refractivity contribution in [3.8, 4) is 11.1 Å². The summed E-state index contributed by atoms with van der Waals surface area (Å²) in [5.74, 6) is 0. The van der Waals surface area contributed by atoms with Crippen LogP contribution in [0.1, 0.15) is 0 Å². The maximum Gasteiger partial charge on any atom is 0.147 e. The van der Waals surface area contributed by atoms with Gasteiger partial charge in [0.25, 0.3) is 0 Å². The number of hydroxylamine groups is 1. The molecule has 0 heterocycles. The van der Waals surface area contributed by atoms with Gasteiger partial charge in [0.2, 0.25) is 0 Å². The van der Waals surface area contributed by atoms with Gasteiger partial charge in [0.15, 0.2) is 0 Å². The molecule has 5 heteroatoms. The van der Waals surface area contributed by atoms with Crippen LogP contribution in [0.15, 0.2) is 109 Å². The zero-order chi connectivity index (χ0) is 21.3. The lowest BCUT2D eigenvalue weighted by molar-refractivity contribution is 0.0111. The fourth-order valence-corrected chi connectivity index (χ4v) is 3.34. The van der Waals surface area contributed by atoms with Crippen LogP contribution in [0.5, 0.6) is 0 Å².